The lowest BCUT2D eigenvalue weighted by Crippen LogP contribution is -2.19. The monoisotopic (exact) mass is 339 g/mol. The molecule has 1 aromatic carbocycles. The molecule has 4 nitrogen and oxygen atoms in total. The molecule has 0 spiro atoms. The molecule has 0 amide bonds. The fraction of sp³-hybridized carbons (Fsp3) is 0.133. The molecule has 2 heterocycles. The number of alkyl halides is 3. The summed E-state index contributed by atoms with van der Waals surface area (Å²) in [5.74, 6) is 0. The van der Waals surface area contributed by atoms with Crippen molar-refractivity contribution in [2.24, 2.45) is 0 Å². The van der Waals surface area contributed by atoms with Gasteiger partial charge in [0.15, 0.2) is 5.65 Å². The third-order valence-electron chi connectivity index (χ3n) is 3.39. The van der Waals surface area contributed by atoms with Crippen LogP contribution in [0.4, 0.5) is 13.2 Å². The quantitative estimate of drug-likeness (QED) is 0.634. The summed E-state index contributed by atoms with van der Waals surface area (Å²) in [6, 6.07) is 5.63. The van der Waals surface area contributed by atoms with Gasteiger partial charge in [-0.25, -0.2) is 4.98 Å². The Labute approximate surface area is 133 Å². The number of hydrogen-bond donors (Lipinski definition) is 0. The lowest BCUT2D eigenvalue weighted by molar-refractivity contribution is -0.137. The van der Waals surface area contributed by atoms with Crippen LogP contribution in [0.3, 0.4) is 0 Å². The van der Waals surface area contributed by atoms with Crippen molar-refractivity contribution in [2.75, 3.05) is 0 Å². The minimum Gasteiger partial charge on any atom is -0.269 e. The number of pyridine rings is 1. The van der Waals surface area contributed by atoms with Gasteiger partial charge in [-0.15, -0.1) is 0 Å². The maximum atomic E-state index is 12.7. The summed E-state index contributed by atoms with van der Waals surface area (Å²) in [6.07, 6.45) is -2.97. The first-order valence-electron chi connectivity index (χ1n) is 6.50. The van der Waals surface area contributed by atoms with Crippen molar-refractivity contribution in [3.63, 3.8) is 0 Å². The number of nitrogens with zero attached hydrogens (tertiary/aromatic N) is 3. The molecule has 118 valence electrons. The van der Waals surface area contributed by atoms with Crippen LogP contribution >= 0.6 is 11.6 Å². The summed E-state index contributed by atoms with van der Waals surface area (Å²) >= 11 is 5.78. The Kier molecular flexibility index (Phi) is 3.60. The van der Waals surface area contributed by atoms with Crippen LogP contribution < -0.4 is 5.56 Å². The lowest BCUT2D eigenvalue weighted by atomic mass is 10.1. The highest BCUT2D eigenvalue weighted by Crippen LogP contribution is 2.29. The Morgan fingerprint density at radius 2 is 1.83 bits per heavy atom. The van der Waals surface area contributed by atoms with E-state index in [1.165, 1.54) is 29.0 Å². The van der Waals surface area contributed by atoms with Crippen LogP contribution in [0.15, 0.2) is 41.3 Å². The first-order chi connectivity index (χ1) is 10.8. The van der Waals surface area contributed by atoms with E-state index in [0.717, 1.165) is 12.1 Å². The molecule has 8 heteroatoms. The van der Waals surface area contributed by atoms with E-state index < -0.39 is 17.3 Å². The summed E-state index contributed by atoms with van der Waals surface area (Å²) in [6.45, 7) is 1.72. The van der Waals surface area contributed by atoms with Crippen molar-refractivity contribution in [2.45, 2.75) is 13.1 Å². The van der Waals surface area contributed by atoms with Gasteiger partial charge in [0, 0.05) is 17.6 Å². The van der Waals surface area contributed by atoms with Crippen molar-refractivity contribution in [3.05, 3.63) is 63.3 Å². The molecular formula is C15H9ClF3N3O. The SMILES string of the molecule is Cc1cc(=O)n(-c2ccc(C(F)(F)F)cc2)c2nc(Cl)ncc12. The van der Waals surface area contributed by atoms with Gasteiger partial charge in [0.05, 0.1) is 11.3 Å². The number of halogens is 4. The number of hydrogen-bond acceptors (Lipinski definition) is 3. The van der Waals surface area contributed by atoms with Gasteiger partial charge in [-0.2, -0.15) is 18.2 Å². The highest BCUT2D eigenvalue weighted by atomic mass is 35.5. The number of benzene rings is 1. The highest BCUT2D eigenvalue weighted by Gasteiger charge is 2.30. The summed E-state index contributed by atoms with van der Waals surface area (Å²) in [4.78, 5) is 20.2. The Morgan fingerprint density at radius 1 is 1.17 bits per heavy atom. The molecule has 0 bridgehead atoms. The first kappa shape index (κ1) is 15.5. The lowest BCUT2D eigenvalue weighted by Gasteiger charge is -2.12. The van der Waals surface area contributed by atoms with Gasteiger partial charge in [0.2, 0.25) is 5.28 Å². The van der Waals surface area contributed by atoms with Crippen LogP contribution in [0.25, 0.3) is 16.7 Å². The van der Waals surface area contributed by atoms with E-state index >= 15 is 0 Å². The van der Waals surface area contributed by atoms with Crippen molar-refractivity contribution < 1.29 is 13.2 Å². The van der Waals surface area contributed by atoms with Crippen LogP contribution in [-0.2, 0) is 6.18 Å². The van der Waals surface area contributed by atoms with Gasteiger partial charge in [-0.3, -0.25) is 9.36 Å². The van der Waals surface area contributed by atoms with Crippen molar-refractivity contribution in [1.29, 1.82) is 0 Å². The van der Waals surface area contributed by atoms with Crippen LogP contribution in [0.2, 0.25) is 5.28 Å². The Balaban J connectivity index is 2.28. The second-order valence-electron chi connectivity index (χ2n) is 4.92. The summed E-state index contributed by atoms with van der Waals surface area (Å²) in [5, 5.41) is 0.539. The third kappa shape index (κ3) is 2.79. The molecule has 23 heavy (non-hydrogen) atoms. The molecule has 0 saturated carbocycles. The number of rotatable bonds is 1. The van der Waals surface area contributed by atoms with E-state index in [-0.39, 0.29) is 16.6 Å². The Hall–Kier alpha value is -2.41. The van der Waals surface area contributed by atoms with Gasteiger partial charge in [-0.1, -0.05) is 0 Å². The molecule has 0 fully saturated rings. The van der Waals surface area contributed by atoms with Gasteiger partial charge >= 0.3 is 6.18 Å². The molecular weight excluding hydrogens is 331 g/mol. The van der Waals surface area contributed by atoms with Crippen molar-refractivity contribution >= 4 is 22.6 Å². The average Bonchev–Trinajstić information content (AvgIpc) is 2.46. The highest BCUT2D eigenvalue weighted by molar-refractivity contribution is 6.28. The molecule has 0 unspecified atom stereocenters. The Morgan fingerprint density at radius 3 is 2.43 bits per heavy atom. The van der Waals surface area contributed by atoms with Gasteiger partial charge < -0.3 is 0 Å². The van der Waals surface area contributed by atoms with Crippen LogP contribution in [-0.4, -0.2) is 14.5 Å². The smallest absolute Gasteiger partial charge is 0.269 e. The second-order valence-corrected chi connectivity index (χ2v) is 5.26. The fourth-order valence-electron chi connectivity index (χ4n) is 2.28. The minimum absolute atomic E-state index is 0.0526. The molecule has 2 aromatic heterocycles. The van der Waals surface area contributed by atoms with Crippen LogP contribution in [0.5, 0.6) is 0 Å². The summed E-state index contributed by atoms with van der Waals surface area (Å²) in [7, 11) is 0. The van der Waals surface area contributed by atoms with Crippen molar-refractivity contribution in [3.8, 4) is 5.69 Å². The minimum atomic E-state index is -4.44. The number of aryl methyl sites for hydroxylation is 1. The molecule has 0 aliphatic heterocycles. The molecule has 0 aliphatic rings. The van der Waals surface area contributed by atoms with E-state index in [4.69, 9.17) is 11.6 Å². The third-order valence-corrected chi connectivity index (χ3v) is 3.57. The Bertz CT molecular complexity index is 949. The van der Waals surface area contributed by atoms with E-state index in [1.54, 1.807) is 6.92 Å². The molecule has 3 aromatic rings. The van der Waals surface area contributed by atoms with E-state index in [9.17, 15) is 18.0 Å². The molecule has 0 radical (unpaired) electrons. The zero-order valence-electron chi connectivity index (χ0n) is 11.7. The van der Waals surface area contributed by atoms with Crippen LogP contribution in [0.1, 0.15) is 11.1 Å². The maximum absolute atomic E-state index is 12.7. The standard InChI is InChI=1S/C15H9ClF3N3O/c1-8-6-12(23)22(13-11(8)7-20-14(16)21-13)10-4-2-9(3-5-10)15(17,18)19/h2-7H,1H3. The number of fused-ring (bicyclic) bond motifs is 1. The van der Waals surface area contributed by atoms with Crippen LogP contribution in [0, 0.1) is 6.92 Å². The summed E-state index contributed by atoms with van der Waals surface area (Å²) in [5.41, 5.74) is -0.0368. The van der Waals surface area contributed by atoms with E-state index in [1.807, 2.05) is 0 Å². The molecule has 0 N–H and O–H groups in total. The van der Waals surface area contributed by atoms with Gasteiger partial charge in [0.1, 0.15) is 0 Å². The molecule has 0 atom stereocenters. The van der Waals surface area contributed by atoms with Crippen molar-refractivity contribution in [1.82, 2.24) is 14.5 Å². The summed E-state index contributed by atoms with van der Waals surface area (Å²) < 4.78 is 39.2. The molecule has 3 rings (SSSR count). The predicted octanol–water partition coefficient (Wildman–Crippen LogP) is 3.76. The normalized spacial score (nSPS) is 11.9. The molecule has 0 aliphatic carbocycles. The van der Waals surface area contributed by atoms with Gasteiger partial charge in [-0.05, 0) is 48.4 Å². The van der Waals surface area contributed by atoms with E-state index in [0.29, 0.717) is 10.9 Å². The van der Waals surface area contributed by atoms with Gasteiger partial charge in [0.25, 0.3) is 5.56 Å². The predicted molar refractivity (Wildman–Crippen MR) is 79.9 cm³/mol. The fourth-order valence-corrected chi connectivity index (χ4v) is 2.41. The zero-order chi connectivity index (χ0) is 16.8. The zero-order valence-corrected chi connectivity index (χ0v) is 12.5. The number of aromatic nitrogens is 3. The first-order valence-corrected chi connectivity index (χ1v) is 6.88. The topological polar surface area (TPSA) is 47.8 Å². The van der Waals surface area contributed by atoms with E-state index in [2.05, 4.69) is 9.97 Å². The largest absolute Gasteiger partial charge is 0.416 e. The maximum Gasteiger partial charge on any atom is 0.416 e. The second kappa shape index (κ2) is 5.34. The average molecular weight is 340 g/mol. The molecule has 0 saturated heterocycles.